The molecular weight excluding hydrogens is 412 g/mol. The zero-order valence-electron chi connectivity index (χ0n) is 15.2. The third-order valence-corrected chi connectivity index (χ3v) is 5.13. The largest absolute Gasteiger partial charge is 0.470 e. The van der Waals surface area contributed by atoms with Gasteiger partial charge in [-0.2, -0.15) is 0 Å². The number of benzene rings is 1. The first-order valence-corrected chi connectivity index (χ1v) is 9.61. The van der Waals surface area contributed by atoms with Crippen LogP contribution in [0.1, 0.15) is 25.3 Å². The van der Waals surface area contributed by atoms with Crippen LogP contribution in [0.2, 0.25) is 0 Å². The zero-order chi connectivity index (χ0) is 19.3. The van der Waals surface area contributed by atoms with Gasteiger partial charge in [-0.3, -0.25) is 0 Å². The number of amides is 1. The number of carbonyl (C=O) groups is 1. The first-order chi connectivity index (χ1) is 13.0. The summed E-state index contributed by atoms with van der Waals surface area (Å²) < 4.78 is 11.6. The number of primary amides is 1. The summed E-state index contributed by atoms with van der Waals surface area (Å²) >= 11 is 3.37. The molecule has 1 fully saturated rings. The van der Waals surface area contributed by atoms with Gasteiger partial charge in [-0.15, -0.1) is 0 Å². The van der Waals surface area contributed by atoms with E-state index in [1.54, 1.807) is 6.20 Å². The molecule has 2 heterocycles. The van der Waals surface area contributed by atoms with Crippen LogP contribution in [0.4, 0.5) is 10.6 Å². The lowest BCUT2D eigenvalue weighted by Gasteiger charge is -2.39. The molecule has 1 saturated heterocycles. The Kier molecular flexibility index (Phi) is 6.15. The van der Waals surface area contributed by atoms with Gasteiger partial charge in [0.1, 0.15) is 11.2 Å². The molecule has 2 N–H and O–H groups in total. The number of carbonyl (C=O) groups excluding carboxylic acids is 1. The molecule has 7 nitrogen and oxygen atoms in total. The Bertz CT molecular complexity index is 780. The monoisotopic (exact) mass is 434 g/mol. The molecule has 0 unspecified atom stereocenters. The van der Waals surface area contributed by atoms with Crippen molar-refractivity contribution in [1.82, 2.24) is 9.97 Å². The normalized spacial score (nSPS) is 16.0. The SMILES string of the molecule is CC1(COC(N)=O)CCN(c2ncc(Br)nc2OCc2ccccc2)CC1. The molecule has 1 aliphatic heterocycles. The highest BCUT2D eigenvalue weighted by atomic mass is 79.9. The van der Waals surface area contributed by atoms with Crippen molar-refractivity contribution in [2.24, 2.45) is 11.1 Å². The number of hydrogen-bond acceptors (Lipinski definition) is 6. The van der Waals surface area contributed by atoms with E-state index in [0.29, 0.717) is 23.7 Å². The maximum Gasteiger partial charge on any atom is 0.404 e. The van der Waals surface area contributed by atoms with Crippen molar-refractivity contribution in [2.45, 2.75) is 26.4 Å². The lowest BCUT2D eigenvalue weighted by atomic mass is 9.81. The molecule has 1 amide bonds. The Morgan fingerprint density at radius 3 is 2.67 bits per heavy atom. The third-order valence-electron chi connectivity index (χ3n) is 4.74. The van der Waals surface area contributed by atoms with Gasteiger partial charge >= 0.3 is 6.09 Å². The van der Waals surface area contributed by atoms with Crippen LogP contribution in [-0.4, -0.2) is 35.8 Å². The fraction of sp³-hybridized carbons (Fsp3) is 0.421. The van der Waals surface area contributed by atoms with Crippen LogP contribution < -0.4 is 15.4 Å². The molecule has 8 heteroatoms. The van der Waals surface area contributed by atoms with E-state index in [9.17, 15) is 4.79 Å². The lowest BCUT2D eigenvalue weighted by Crippen LogP contribution is -2.42. The minimum Gasteiger partial charge on any atom is -0.470 e. The van der Waals surface area contributed by atoms with Crippen molar-refractivity contribution in [3.8, 4) is 5.88 Å². The summed E-state index contributed by atoms with van der Waals surface area (Å²) in [6.07, 6.45) is 2.66. The van der Waals surface area contributed by atoms with Gasteiger partial charge in [0.25, 0.3) is 5.88 Å². The molecule has 1 aromatic heterocycles. The number of nitrogens with two attached hydrogens (primary N) is 1. The minimum absolute atomic E-state index is 0.0839. The van der Waals surface area contributed by atoms with Crippen molar-refractivity contribution < 1.29 is 14.3 Å². The molecule has 0 saturated carbocycles. The molecule has 0 spiro atoms. The number of nitrogens with zero attached hydrogens (tertiary/aromatic N) is 3. The quantitative estimate of drug-likeness (QED) is 0.747. The van der Waals surface area contributed by atoms with Gasteiger partial charge in [0.15, 0.2) is 5.82 Å². The van der Waals surface area contributed by atoms with Crippen LogP contribution in [0, 0.1) is 5.41 Å². The highest BCUT2D eigenvalue weighted by molar-refractivity contribution is 9.10. The lowest BCUT2D eigenvalue weighted by molar-refractivity contribution is 0.0817. The first-order valence-electron chi connectivity index (χ1n) is 8.82. The van der Waals surface area contributed by atoms with Crippen LogP contribution >= 0.6 is 15.9 Å². The Morgan fingerprint density at radius 1 is 1.30 bits per heavy atom. The second-order valence-corrected chi connectivity index (χ2v) is 7.81. The molecule has 0 radical (unpaired) electrons. The van der Waals surface area contributed by atoms with Gasteiger partial charge < -0.3 is 20.1 Å². The van der Waals surface area contributed by atoms with Gasteiger partial charge in [-0.05, 0) is 34.3 Å². The Hall–Kier alpha value is -2.35. The summed E-state index contributed by atoms with van der Waals surface area (Å²) in [4.78, 5) is 22.0. The Balaban J connectivity index is 1.67. The van der Waals surface area contributed by atoms with E-state index >= 15 is 0 Å². The zero-order valence-corrected chi connectivity index (χ0v) is 16.8. The molecule has 1 aromatic carbocycles. The fourth-order valence-corrected chi connectivity index (χ4v) is 3.30. The average Bonchev–Trinajstić information content (AvgIpc) is 2.67. The number of aromatic nitrogens is 2. The number of halogens is 1. The number of piperidine rings is 1. The van der Waals surface area contributed by atoms with Gasteiger partial charge in [-0.25, -0.2) is 14.8 Å². The summed E-state index contributed by atoms with van der Waals surface area (Å²) in [7, 11) is 0. The second kappa shape index (κ2) is 8.56. The van der Waals surface area contributed by atoms with Crippen LogP contribution in [0.15, 0.2) is 41.1 Å². The van der Waals surface area contributed by atoms with Crippen molar-refractivity contribution >= 4 is 27.8 Å². The van der Waals surface area contributed by atoms with E-state index < -0.39 is 6.09 Å². The van der Waals surface area contributed by atoms with E-state index in [4.69, 9.17) is 15.2 Å². The van der Waals surface area contributed by atoms with E-state index in [1.807, 2.05) is 30.3 Å². The third kappa shape index (κ3) is 5.32. The maximum absolute atomic E-state index is 10.9. The molecule has 3 rings (SSSR count). The summed E-state index contributed by atoms with van der Waals surface area (Å²) in [5.41, 5.74) is 6.08. The number of ether oxygens (including phenoxy) is 2. The smallest absolute Gasteiger partial charge is 0.404 e. The number of hydrogen-bond donors (Lipinski definition) is 1. The van der Waals surface area contributed by atoms with Crippen LogP contribution in [0.5, 0.6) is 5.88 Å². The number of rotatable bonds is 6. The van der Waals surface area contributed by atoms with Gasteiger partial charge in [-0.1, -0.05) is 37.3 Å². The molecule has 1 aliphatic rings. The molecule has 0 atom stereocenters. The summed E-state index contributed by atoms with van der Waals surface area (Å²) in [5, 5.41) is 0. The van der Waals surface area contributed by atoms with Crippen molar-refractivity contribution in [1.29, 1.82) is 0 Å². The van der Waals surface area contributed by atoms with Crippen LogP contribution in [0.25, 0.3) is 0 Å². The second-order valence-electron chi connectivity index (χ2n) is 7.00. The summed E-state index contributed by atoms with van der Waals surface area (Å²) in [6, 6.07) is 9.95. The Labute approximate surface area is 167 Å². The van der Waals surface area contributed by atoms with Crippen molar-refractivity contribution in [2.75, 3.05) is 24.6 Å². The summed E-state index contributed by atoms with van der Waals surface area (Å²) in [6.45, 7) is 4.41. The summed E-state index contributed by atoms with van der Waals surface area (Å²) in [5.74, 6) is 1.23. The number of anilines is 1. The van der Waals surface area contributed by atoms with Crippen molar-refractivity contribution in [3.05, 3.63) is 46.7 Å². The highest BCUT2D eigenvalue weighted by Crippen LogP contribution is 2.35. The molecular formula is C19H23BrN4O3. The molecule has 2 aromatic rings. The van der Waals surface area contributed by atoms with E-state index in [2.05, 4.69) is 37.7 Å². The van der Waals surface area contributed by atoms with E-state index in [-0.39, 0.29) is 5.41 Å². The molecule has 0 aliphatic carbocycles. The predicted molar refractivity (Wildman–Crippen MR) is 106 cm³/mol. The molecule has 144 valence electrons. The average molecular weight is 435 g/mol. The van der Waals surface area contributed by atoms with E-state index in [0.717, 1.165) is 37.3 Å². The minimum atomic E-state index is -0.728. The van der Waals surface area contributed by atoms with Crippen molar-refractivity contribution in [3.63, 3.8) is 0 Å². The molecule has 27 heavy (non-hydrogen) atoms. The van der Waals surface area contributed by atoms with E-state index in [1.165, 1.54) is 0 Å². The van der Waals surface area contributed by atoms with Crippen LogP contribution in [-0.2, 0) is 11.3 Å². The van der Waals surface area contributed by atoms with Crippen LogP contribution in [0.3, 0.4) is 0 Å². The van der Waals surface area contributed by atoms with Gasteiger partial charge in [0.2, 0.25) is 0 Å². The standard InChI is InChI=1S/C19H23BrN4O3/c1-19(13-27-18(21)25)7-9-24(10-8-19)16-17(23-15(20)11-22-16)26-12-14-5-3-2-4-6-14/h2-6,11H,7-10,12-13H2,1H3,(H2,21,25). The first kappa shape index (κ1) is 19.4. The predicted octanol–water partition coefficient (Wildman–Crippen LogP) is 3.52. The maximum atomic E-state index is 10.9. The fourth-order valence-electron chi connectivity index (χ4n) is 3.03. The molecule has 0 bridgehead atoms. The van der Waals surface area contributed by atoms with Gasteiger partial charge in [0, 0.05) is 18.5 Å². The Morgan fingerprint density at radius 2 is 2.00 bits per heavy atom. The van der Waals surface area contributed by atoms with Gasteiger partial charge in [0.05, 0.1) is 12.8 Å². The topological polar surface area (TPSA) is 90.6 Å². The highest BCUT2D eigenvalue weighted by Gasteiger charge is 2.33.